The molecule has 0 aromatic heterocycles. The van der Waals surface area contributed by atoms with Crippen molar-refractivity contribution in [3.63, 3.8) is 0 Å². The molecule has 0 aromatic rings. The van der Waals surface area contributed by atoms with Gasteiger partial charge in [0, 0.05) is 31.7 Å². The van der Waals surface area contributed by atoms with Crippen LogP contribution in [0.4, 0.5) is 0 Å². The molecular weight excluding hydrogens is 266 g/mol. The number of carbonyl (C=O) groups excluding carboxylic acids is 2. The first-order valence-electron chi connectivity index (χ1n) is 6.06. The second kappa shape index (κ2) is 9.12. The van der Waals surface area contributed by atoms with Gasteiger partial charge in [0.25, 0.3) is 11.8 Å². The van der Waals surface area contributed by atoms with Crippen molar-refractivity contribution in [2.45, 2.75) is 13.3 Å². The molecule has 6 heteroatoms. The number of ether oxygens (including phenoxy) is 2. The molecule has 0 saturated carbocycles. The molecule has 2 amide bonds. The summed E-state index contributed by atoms with van der Waals surface area (Å²) >= 11 is 3.53. The maximum Gasteiger partial charge on any atom is 0.253 e. The fourth-order valence-electron chi connectivity index (χ4n) is 1.56. The Kier molecular flexibility index (Phi) is 8.71. The molecule has 2 rings (SSSR count). The van der Waals surface area contributed by atoms with E-state index in [4.69, 9.17) is 9.47 Å². The minimum absolute atomic E-state index is 0.241. The molecule has 0 atom stereocenters. The van der Waals surface area contributed by atoms with Crippen molar-refractivity contribution < 1.29 is 19.1 Å². The Hall–Kier alpha value is -0.850. The number of hydrogen-bond acceptors (Lipinski definition) is 5. The molecule has 0 radical (unpaired) electrons. The Bertz CT molecular complexity index is 303. The summed E-state index contributed by atoms with van der Waals surface area (Å²) in [7, 11) is 3.19. The summed E-state index contributed by atoms with van der Waals surface area (Å²) in [6.45, 7) is 4.81. The SMILES string of the molecule is CCC1(COC)COC1.CN1C(=O)C=CC1=O.CS. The third-order valence-corrected chi connectivity index (χ3v) is 3.05. The van der Waals surface area contributed by atoms with E-state index in [2.05, 4.69) is 19.6 Å². The molecule has 1 saturated heterocycles. The summed E-state index contributed by atoms with van der Waals surface area (Å²) in [5, 5.41) is 0. The monoisotopic (exact) mass is 289 g/mol. The van der Waals surface area contributed by atoms with Crippen LogP contribution in [0, 0.1) is 5.41 Å². The fourth-order valence-corrected chi connectivity index (χ4v) is 1.56. The van der Waals surface area contributed by atoms with Gasteiger partial charge in [0.15, 0.2) is 0 Å². The lowest BCUT2D eigenvalue weighted by Gasteiger charge is -2.39. The number of thiol groups is 1. The second-order valence-corrected chi connectivity index (χ2v) is 4.35. The molecule has 0 spiro atoms. The Balaban J connectivity index is 0.000000303. The molecule has 2 aliphatic rings. The number of carbonyl (C=O) groups is 2. The number of hydrogen-bond donors (Lipinski definition) is 1. The van der Waals surface area contributed by atoms with E-state index in [-0.39, 0.29) is 11.8 Å². The van der Waals surface area contributed by atoms with Gasteiger partial charge in [-0.15, -0.1) is 0 Å². The molecule has 1 fully saturated rings. The molecule has 5 nitrogen and oxygen atoms in total. The molecule has 2 aliphatic heterocycles. The average molecular weight is 289 g/mol. The molecule has 0 N–H and O–H groups in total. The third kappa shape index (κ3) is 5.34. The molecule has 19 heavy (non-hydrogen) atoms. The fraction of sp³-hybridized carbons (Fsp3) is 0.692. The molecule has 0 aromatic carbocycles. The van der Waals surface area contributed by atoms with E-state index in [1.54, 1.807) is 13.4 Å². The Labute approximate surface area is 120 Å². The lowest BCUT2D eigenvalue weighted by Crippen LogP contribution is -2.45. The first-order valence-corrected chi connectivity index (χ1v) is 6.95. The maximum absolute atomic E-state index is 10.4. The zero-order chi connectivity index (χ0) is 14.9. The van der Waals surface area contributed by atoms with Gasteiger partial charge in [-0.3, -0.25) is 14.5 Å². The zero-order valence-corrected chi connectivity index (χ0v) is 12.9. The standard InChI is InChI=1S/C7H14O2.C5H5NO2.CH4S/c1-3-7(4-8-2)5-9-6-7;1-6-4(7)2-3-5(6)8;1-2/h3-6H2,1-2H3;2-3H,1H3;2H,1H3. The van der Waals surface area contributed by atoms with Crippen LogP contribution < -0.4 is 0 Å². The van der Waals surface area contributed by atoms with E-state index in [0.29, 0.717) is 5.41 Å². The van der Waals surface area contributed by atoms with Crippen molar-refractivity contribution in [2.75, 3.05) is 40.2 Å². The minimum atomic E-state index is -0.241. The van der Waals surface area contributed by atoms with Gasteiger partial charge in [0.1, 0.15) is 0 Å². The quantitative estimate of drug-likeness (QED) is 0.625. The average Bonchev–Trinajstić information content (AvgIpc) is 2.68. The Morgan fingerprint density at radius 2 is 1.79 bits per heavy atom. The van der Waals surface area contributed by atoms with Crippen LogP contribution in [0.1, 0.15) is 13.3 Å². The summed E-state index contributed by atoms with van der Waals surface area (Å²) in [5.41, 5.74) is 0.370. The van der Waals surface area contributed by atoms with Gasteiger partial charge in [0.05, 0.1) is 19.8 Å². The zero-order valence-electron chi connectivity index (χ0n) is 12.0. The van der Waals surface area contributed by atoms with Crippen LogP contribution in [-0.2, 0) is 19.1 Å². The van der Waals surface area contributed by atoms with Crippen molar-refractivity contribution in [2.24, 2.45) is 5.41 Å². The van der Waals surface area contributed by atoms with E-state index >= 15 is 0 Å². The van der Waals surface area contributed by atoms with Gasteiger partial charge in [-0.25, -0.2) is 0 Å². The molecule has 110 valence electrons. The number of amides is 2. The highest BCUT2D eigenvalue weighted by Crippen LogP contribution is 2.30. The highest BCUT2D eigenvalue weighted by Gasteiger charge is 2.36. The molecule has 0 aliphatic carbocycles. The molecule has 0 bridgehead atoms. The summed E-state index contributed by atoms with van der Waals surface area (Å²) in [6, 6.07) is 0. The van der Waals surface area contributed by atoms with Gasteiger partial charge >= 0.3 is 0 Å². The third-order valence-electron chi connectivity index (χ3n) is 3.05. The van der Waals surface area contributed by atoms with Crippen LogP contribution in [0.2, 0.25) is 0 Å². The lowest BCUT2D eigenvalue weighted by molar-refractivity contribution is -0.144. The highest BCUT2D eigenvalue weighted by molar-refractivity contribution is 7.79. The van der Waals surface area contributed by atoms with Crippen LogP contribution in [0.15, 0.2) is 12.2 Å². The predicted octanol–water partition coefficient (Wildman–Crippen LogP) is 1.15. The highest BCUT2D eigenvalue weighted by atomic mass is 32.1. The van der Waals surface area contributed by atoms with E-state index < -0.39 is 0 Å². The van der Waals surface area contributed by atoms with Crippen LogP contribution in [0.5, 0.6) is 0 Å². The van der Waals surface area contributed by atoms with Crippen molar-refractivity contribution in [3.8, 4) is 0 Å². The van der Waals surface area contributed by atoms with E-state index in [1.807, 2.05) is 0 Å². The van der Waals surface area contributed by atoms with Crippen LogP contribution in [0.25, 0.3) is 0 Å². The van der Waals surface area contributed by atoms with E-state index in [1.165, 1.54) is 25.6 Å². The van der Waals surface area contributed by atoms with Crippen molar-refractivity contribution in [3.05, 3.63) is 12.2 Å². The number of nitrogens with zero attached hydrogens (tertiary/aromatic N) is 1. The van der Waals surface area contributed by atoms with E-state index in [9.17, 15) is 9.59 Å². The van der Waals surface area contributed by atoms with Crippen LogP contribution in [-0.4, -0.2) is 56.9 Å². The Morgan fingerprint density at radius 1 is 1.32 bits per heavy atom. The number of imide groups is 1. The summed E-state index contributed by atoms with van der Waals surface area (Å²) in [4.78, 5) is 21.9. The van der Waals surface area contributed by atoms with Crippen molar-refractivity contribution in [1.82, 2.24) is 4.90 Å². The summed E-state index contributed by atoms with van der Waals surface area (Å²) in [5.74, 6) is -0.481. The Morgan fingerprint density at radius 3 is 1.89 bits per heavy atom. The van der Waals surface area contributed by atoms with Crippen molar-refractivity contribution in [1.29, 1.82) is 0 Å². The largest absolute Gasteiger partial charge is 0.384 e. The first kappa shape index (κ1) is 18.1. The number of rotatable bonds is 3. The van der Waals surface area contributed by atoms with Gasteiger partial charge in [-0.1, -0.05) is 6.92 Å². The second-order valence-electron chi connectivity index (χ2n) is 4.35. The first-order chi connectivity index (χ1) is 9.04. The minimum Gasteiger partial charge on any atom is -0.384 e. The molecular formula is C13H23NO4S. The topological polar surface area (TPSA) is 55.8 Å². The molecule has 2 heterocycles. The van der Waals surface area contributed by atoms with Crippen LogP contribution in [0.3, 0.4) is 0 Å². The lowest BCUT2D eigenvalue weighted by atomic mass is 9.84. The maximum atomic E-state index is 10.4. The normalized spacial score (nSPS) is 19.1. The van der Waals surface area contributed by atoms with E-state index in [0.717, 1.165) is 24.7 Å². The predicted molar refractivity (Wildman–Crippen MR) is 77.2 cm³/mol. The molecule has 0 unspecified atom stereocenters. The van der Waals surface area contributed by atoms with Gasteiger partial charge < -0.3 is 9.47 Å². The smallest absolute Gasteiger partial charge is 0.253 e. The number of likely N-dealkylation sites (N-methyl/N-ethyl adjacent to an activating group) is 1. The summed E-state index contributed by atoms with van der Waals surface area (Å²) in [6.07, 6.45) is 5.37. The van der Waals surface area contributed by atoms with Gasteiger partial charge in [0.2, 0.25) is 0 Å². The number of methoxy groups -OCH3 is 1. The van der Waals surface area contributed by atoms with Crippen molar-refractivity contribution >= 4 is 24.4 Å². The van der Waals surface area contributed by atoms with Gasteiger partial charge in [-0.05, 0) is 12.7 Å². The van der Waals surface area contributed by atoms with Gasteiger partial charge in [-0.2, -0.15) is 12.6 Å². The van der Waals surface area contributed by atoms with Crippen LogP contribution >= 0.6 is 12.6 Å². The summed E-state index contributed by atoms with van der Waals surface area (Å²) < 4.78 is 10.2.